The fraction of sp³-hybridized carbons (Fsp3) is 0.400. The zero-order chi connectivity index (χ0) is 6.99. The van der Waals surface area contributed by atoms with Gasteiger partial charge in [-0.25, -0.2) is 4.79 Å². The molecule has 0 aliphatic rings. The summed E-state index contributed by atoms with van der Waals surface area (Å²) in [5.74, 6) is 0. The van der Waals surface area contributed by atoms with E-state index >= 15 is 0 Å². The molecule has 0 spiro atoms. The molecule has 0 heterocycles. The molecule has 0 unspecified atom stereocenters. The second-order valence-corrected chi connectivity index (χ2v) is 1.00. The highest BCUT2D eigenvalue weighted by atomic mass is 16.4. The number of primary amides is 1. The van der Waals surface area contributed by atoms with E-state index in [1.807, 2.05) is 26.0 Å². The van der Waals surface area contributed by atoms with Crippen molar-refractivity contribution in [3.05, 3.63) is 12.2 Å². The van der Waals surface area contributed by atoms with Gasteiger partial charge in [-0.1, -0.05) is 12.2 Å². The van der Waals surface area contributed by atoms with Crippen LogP contribution in [0.4, 0.5) is 4.79 Å². The van der Waals surface area contributed by atoms with E-state index in [0.29, 0.717) is 0 Å². The molecule has 3 heteroatoms. The molecule has 0 atom stereocenters. The van der Waals surface area contributed by atoms with Crippen LogP contribution >= 0.6 is 0 Å². The zero-order valence-electron chi connectivity index (χ0n) is 5.09. The van der Waals surface area contributed by atoms with Crippen molar-refractivity contribution in [2.24, 2.45) is 5.73 Å². The smallest absolute Gasteiger partial charge is 0.402 e. The van der Waals surface area contributed by atoms with Crippen LogP contribution in [0.1, 0.15) is 13.8 Å². The monoisotopic (exact) mass is 117 g/mol. The molecular weight excluding hydrogens is 106 g/mol. The standard InChI is InChI=1S/C4H8.CH3NO2/c1-3-4-2;2-1(3)4/h3-4H,1-2H3;2H2,(H,3,4). The number of rotatable bonds is 0. The van der Waals surface area contributed by atoms with Crippen LogP contribution in [0.25, 0.3) is 0 Å². The lowest BCUT2D eigenvalue weighted by Gasteiger charge is -1.61. The molecule has 0 aromatic rings. The summed E-state index contributed by atoms with van der Waals surface area (Å²) in [6.45, 7) is 4.00. The molecular formula is C5H11NO2. The van der Waals surface area contributed by atoms with Crippen LogP contribution in [-0.4, -0.2) is 11.2 Å². The number of allylic oxidation sites excluding steroid dienone is 2. The van der Waals surface area contributed by atoms with Crippen molar-refractivity contribution < 1.29 is 9.90 Å². The van der Waals surface area contributed by atoms with E-state index in [0.717, 1.165) is 0 Å². The summed E-state index contributed by atoms with van der Waals surface area (Å²) >= 11 is 0. The molecule has 0 saturated heterocycles. The van der Waals surface area contributed by atoms with Crippen molar-refractivity contribution in [3.8, 4) is 0 Å². The molecule has 1 amide bonds. The summed E-state index contributed by atoms with van der Waals surface area (Å²) in [4.78, 5) is 8.78. The van der Waals surface area contributed by atoms with Crippen molar-refractivity contribution in [3.63, 3.8) is 0 Å². The van der Waals surface area contributed by atoms with Crippen molar-refractivity contribution in [1.29, 1.82) is 0 Å². The molecule has 0 rings (SSSR count). The van der Waals surface area contributed by atoms with Crippen molar-refractivity contribution in [2.45, 2.75) is 13.8 Å². The minimum Gasteiger partial charge on any atom is -0.465 e. The normalized spacial score (nSPS) is 7.75. The average molecular weight is 117 g/mol. The lowest BCUT2D eigenvalue weighted by atomic mass is 10.6. The molecule has 3 N–H and O–H groups in total. The van der Waals surface area contributed by atoms with Crippen LogP contribution < -0.4 is 5.73 Å². The first-order chi connectivity index (χ1) is 3.65. The summed E-state index contributed by atoms with van der Waals surface area (Å²) in [7, 11) is 0. The van der Waals surface area contributed by atoms with Crippen LogP contribution in [0.2, 0.25) is 0 Å². The SMILES string of the molecule is CC=CC.NC(=O)O. The summed E-state index contributed by atoms with van der Waals surface area (Å²) in [6, 6.07) is 0. The van der Waals surface area contributed by atoms with Crippen molar-refractivity contribution >= 4 is 6.09 Å². The summed E-state index contributed by atoms with van der Waals surface area (Å²) in [5, 5.41) is 7.19. The van der Waals surface area contributed by atoms with Crippen LogP contribution in [-0.2, 0) is 0 Å². The van der Waals surface area contributed by atoms with Gasteiger partial charge in [0.15, 0.2) is 0 Å². The summed E-state index contributed by atoms with van der Waals surface area (Å²) in [6.07, 6.45) is 2.67. The van der Waals surface area contributed by atoms with E-state index in [1.165, 1.54) is 0 Å². The number of nitrogens with two attached hydrogens (primary N) is 1. The maximum Gasteiger partial charge on any atom is 0.402 e. The van der Waals surface area contributed by atoms with Gasteiger partial charge < -0.3 is 10.8 Å². The van der Waals surface area contributed by atoms with Crippen LogP contribution in [0, 0.1) is 0 Å². The maximum absolute atomic E-state index is 8.78. The molecule has 3 nitrogen and oxygen atoms in total. The first-order valence-corrected chi connectivity index (χ1v) is 2.20. The number of carboxylic acid groups (broad SMARTS) is 1. The van der Waals surface area contributed by atoms with Crippen LogP contribution in [0.3, 0.4) is 0 Å². The lowest BCUT2D eigenvalue weighted by molar-refractivity contribution is 0.205. The second-order valence-electron chi connectivity index (χ2n) is 1.00. The molecule has 0 fully saturated rings. The Morgan fingerprint density at radius 2 is 1.62 bits per heavy atom. The molecule has 0 aliphatic heterocycles. The van der Waals surface area contributed by atoms with Crippen LogP contribution in [0.15, 0.2) is 12.2 Å². The van der Waals surface area contributed by atoms with E-state index in [1.54, 1.807) is 0 Å². The molecule has 0 aromatic heterocycles. The maximum atomic E-state index is 8.78. The molecule has 0 aliphatic carbocycles. The van der Waals surface area contributed by atoms with E-state index in [4.69, 9.17) is 9.90 Å². The van der Waals surface area contributed by atoms with Gasteiger partial charge in [0.2, 0.25) is 0 Å². The Morgan fingerprint density at radius 3 is 1.62 bits per heavy atom. The average Bonchev–Trinajstić information content (AvgIpc) is 1.65. The number of hydrogen-bond acceptors (Lipinski definition) is 1. The number of carbonyl (C=O) groups is 1. The second kappa shape index (κ2) is 9.38. The van der Waals surface area contributed by atoms with E-state index in [-0.39, 0.29) is 0 Å². The third-order valence-corrected chi connectivity index (χ3v) is 0.333. The quantitative estimate of drug-likeness (QED) is 0.468. The molecule has 0 saturated carbocycles. The van der Waals surface area contributed by atoms with Gasteiger partial charge in [-0.3, -0.25) is 0 Å². The first-order valence-electron chi connectivity index (χ1n) is 2.20. The molecule has 0 radical (unpaired) electrons. The third kappa shape index (κ3) is 806000. The first kappa shape index (κ1) is 10.1. The molecule has 0 bridgehead atoms. The van der Waals surface area contributed by atoms with E-state index < -0.39 is 6.09 Å². The largest absolute Gasteiger partial charge is 0.465 e. The minimum absolute atomic E-state index is 1.33. The van der Waals surface area contributed by atoms with Gasteiger partial charge in [0, 0.05) is 0 Å². The Kier molecular flexibility index (Phi) is 11.8. The van der Waals surface area contributed by atoms with Gasteiger partial charge >= 0.3 is 6.09 Å². The molecule has 0 aromatic carbocycles. The van der Waals surface area contributed by atoms with Crippen molar-refractivity contribution in [2.75, 3.05) is 0 Å². The summed E-state index contributed by atoms with van der Waals surface area (Å²) < 4.78 is 0. The van der Waals surface area contributed by atoms with Gasteiger partial charge in [-0.2, -0.15) is 0 Å². The Bertz CT molecular complexity index is 70.5. The van der Waals surface area contributed by atoms with E-state index in [2.05, 4.69) is 5.73 Å². The predicted molar refractivity (Wildman–Crippen MR) is 32.7 cm³/mol. The number of hydrogen-bond donors (Lipinski definition) is 2. The van der Waals surface area contributed by atoms with Crippen molar-refractivity contribution in [1.82, 2.24) is 0 Å². The van der Waals surface area contributed by atoms with Gasteiger partial charge in [0.05, 0.1) is 0 Å². The lowest BCUT2D eigenvalue weighted by Crippen LogP contribution is -2.03. The van der Waals surface area contributed by atoms with Gasteiger partial charge in [-0.15, -0.1) is 0 Å². The molecule has 48 valence electrons. The fourth-order valence-corrected chi connectivity index (χ4v) is 0. The highest BCUT2D eigenvalue weighted by Gasteiger charge is 1.65. The van der Waals surface area contributed by atoms with E-state index in [9.17, 15) is 0 Å². The van der Waals surface area contributed by atoms with Gasteiger partial charge in [0.1, 0.15) is 0 Å². The third-order valence-electron chi connectivity index (χ3n) is 0.333. The Morgan fingerprint density at radius 1 is 1.50 bits per heavy atom. The highest BCUT2D eigenvalue weighted by molar-refractivity contribution is 5.61. The minimum atomic E-state index is -1.33. The van der Waals surface area contributed by atoms with Crippen LogP contribution in [0.5, 0.6) is 0 Å². The Labute approximate surface area is 48.8 Å². The van der Waals surface area contributed by atoms with Gasteiger partial charge in [-0.05, 0) is 13.8 Å². The van der Waals surface area contributed by atoms with Gasteiger partial charge in [0.25, 0.3) is 0 Å². The fourth-order valence-electron chi connectivity index (χ4n) is 0. The zero-order valence-corrected chi connectivity index (χ0v) is 5.09. The topological polar surface area (TPSA) is 63.3 Å². The Balaban J connectivity index is 0. The highest BCUT2D eigenvalue weighted by Crippen LogP contribution is 1.57. The molecule has 8 heavy (non-hydrogen) atoms. The number of amides is 1. The Hall–Kier alpha value is -0.990. The summed E-state index contributed by atoms with van der Waals surface area (Å²) in [5.41, 5.74) is 4.03. The predicted octanol–water partition coefficient (Wildman–Crippen LogP) is 1.21.